The number of alkyl carbamates (subject to hydrolysis) is 1. The molecule has 4 atom stereocenters. The number of methoxy groups -OCH3 is 1. The molecule has 10 nitrogen and oxygen atoms in total. The van der Waals surface area contributed by atoms with Gasteiger partial charge in [0, 0.05) is 26.0 Å². The number of hydrogen-bond acceptors (Lipinski definition) is 8. The summed E-state index contributed by atoms with van der Waals surface area (Å²) in [5.41, 5.74) is 7.56. The predicted molar refractivity (Wildman–Crippen MR) is 126 cm³/mol. The van der Waals surface area contributed by atoms with Gasteiger partial charge in [-0.1, -0.05) is 19.1 Å². The van der Waals surface area contributed by atoms with E-state index in [4.69, 9.17) is 9.47 Å². The van der Waals surface area contributed by atoms with Crippen LogP contribution in [0.1, 0.15) is 50.2 Å². The van der Waals surface area contributed by atoms with Gasteiger partial charge in [-0.15, -0.1) is 0 Å². The molecule has 1 saturated carbocycles. The van der Waals surface area contributed by atoms with Crippen LogP contribution in [-0.2, 0) is 37.1 Å². The number of nitrogens with one attached hydrogen (secondary N) is 4. The molecule has 0 bridgehead atoms. The molecule has 11 heteroatoms. The predicted octanol–water partition coefficient (Wildman–Crippen LogP) is 1.39. The maximum atomic E-state index is 12.7. The zero-order chi connectivity index (χ0) is 24.7. The molecule has 4 N–H and O–H groups in total. The lowest BCUT2D eigenvalue weighted by atomic mass is 9.96. The Morgan fingerprint density at radius 3 is 2.68 bits per heavy atom. The number of ether oxygens (including phenoxy) is 2. The first-order valence-corrected chi connectivity index (χ1v) is 13.6. The van der Waals surface area contributed by atoms with Gasteiger partial charge in [0.1, 0.15) is 6.10 Å². The molecule has 1 aromatic carbocycles. The van der Waals surface area contributed by atoms with E-state index in [1.165, 1.54) is 0 Å². The van der Waals surface area contributed by atoms with Crippen LogP contribution in [0.2, 0.25) is 0 Å². The quantitative estimate of drug-likeness (QED) is 0.382. The average molecular weight is 497 g/mol. The molecule has 2 unspecified atom stereocenters. The summed E-state index contributed by atoms with van der Waals surface area (Å²) in [5, 5.41) is 5.67. The molecular weight excluding hydrogens is 460 g/mol. The molecule has 0 spiro atoms. The van der Waals surface area contributed by atoms with Crippen molar-refractivity contribution >= 4 is 21.8 Å². The minimum absolute atomic E-state index is 0.0370. The van der Waals surface area contributed by atoms with Gasteiger partial charge in [-0.05, 0) is 55.2 Å². The molecule has 1 aliphatic carbocycles. The van der Waals surface area contributed by atoms with Gasteiger partial charge in [0.15, 0.2) is 9.84 Å². The third-order valence-electron chi connectivity index (χ3n) is 6.25. The van der Waals surface area contributed by atoms with Crippen LogP contribution in [0.25, 0.3) is 0 Å². The number of hydrazine groups is 1. The fourth-order valence-corrected chi connectivity index (χ4v) is 5.60. The van der Waals surface area contributed by atoms with Crippen LogP contribution in [0, 0.1) is 5.92 Å². The summed E-state index contributed by atoms with van der Waals surface area (Å²) in [4.78, 5) is 24.6. The molecule has 190 valence electrons. The maximum Gasteiger partial charge on any atom is 0.407 e. The average Bonchev–Trinajstić information content (AvgIpc) is 3.42. The first kappa shape index (κ1) is 26.4. The lowest BCUT2D eigenvalue weighted by Crippen LogP contribution is -2.45. The van der Waals surface area contributed by atoms with Gasteiger partial charge < -0.3 is 20.1 Å². The van der Waals surface area contributed by atoms with Crippen molar-refractivity contribution in [3.63, 3.8) is 0 Å². The van der Waals surface area contributed by atoms with Crippen molar-refractivity contribution in [2.24, 2.45) is 5.92 Å². The second kappa shape index (κ2) is 12.0. The molecule has 2 fully saturated rings. The van der Waals surface area contributed by atoms with Gasteiger partial charge in [0.25, 0.3) is 0 Å². The van der Waals surface area contributed by atoms with Crippen molar-refractivity contribution in [3.05, 3.63) is 29.3 Å². The molecule has 0 aromatic heterocycles. The highest BCUT2D eigenvalue weighted by Crippen LogP contribution is 2.33. The number of hydrogen-bond donors (Lipinski definition) is 4. The molecule has 2 aliphatic rings. The third kappa shape index (κ3) is 7.39. The summed E-state index contributed by atoms with van der Waals surface area (Å²) in [6, 6.07) is 5.15. The van der Waals surface area contributed by atoms with Crippen molar-refractivity contribution in [1.29, 1.82) is 0 Å². The monoisotopic (exact) mass is 496 g/mol. The van der Waals surface area contributed by atoms with Gasteiger partial charge in [0.2, 0.25) is 5.91 Å². The van der Waals surface area contributed by atoms with Gasteiger partial charge in [-0.2, -0.15) is 0 Å². The number of rotatable bonds is 10. The Kier molecular flexibility index (Phi) is 9.29. The fraction of sp³-hybridized carbons (Fsp3) is 0.652. The lowest BCUT2D eigenvalue weighted by molar-refractivity contribution is -0.121. The van der Waals surface area contributed by atoms with Gasteiger partial charge >= 0.3 is 6.09 Å². The molecular formula is C23H36N4O6S. The smallest absolute Gasteiger partial charge is 0.407 e. The van der Waals surface area contributed by atoms with Crippen molar-refractivity contribution in [2.45, 2.75) is 75.3 Å². The summed E-state index contributed by atoms with van der Waals surface area (Å²) in [5.74, 6) is 0.0770. The van der Waals surface area contributed by atoms with Gasteiger partial charge in [-0.3, -0.25) is 10.2 Å². The van der Waals surface area contributed by atoms with Gasteiger partial charge in [0.05, 0.1) is 24.1 Å². The van der Waals surface area contributed by atoms with Crippen molar-refractivity contribution < 1.29 is 27.5 Å². The molecule has 1 aliphatic heterocycles. The van der Waals surface area contributed by atoms with Crippen molar-refractivity contribution in [2.75, 3.05) is 19.9 Å². The largest absolute Gasteiger partial charge is 0.446 e. The molecule has 1 heterocycles. The SMILES string of the molecule is CCCNC(=O)O[C@@H]1CC[C@H](C2CC(NC(=O)Cc3ccc(COC)cc3S(C)(=O)=O)NN2)C1. The minimum atomic E-state index is -3.49. The Labute approximate surface area is 201 Å². The first-order chi connectivity index (χ1) is 16.2. The van der Waals surface area contributed by atoms with Gasteiger partial charge in [-0.25, -0.2) is 18.6 Å². The van der Waals surface area contributed by atoms with Crippen LogP contribution in [-0.4, -0.2) is 58.6 Å². The van der Waals surface area contributed by atoms with Crippen LogP contribution in [0.3, 0.4) is 0 Å². The second-order valence-electron chi connectivity index (χ2n) is 9.10. The first-order valence-electron chi connectivity index (χ1n) is 11.7. The molecule has 2 amide bonds. The van der Waals surface area contributed by atoms with Crippen LogP contribution < -0.4 is 21.5 Å². The van der Waals surface area contributed by atoms with E-state index in [0.717, 1.165) is 37.5 Å². The van der Waals surface area contributed by atoms with Crippen LogP contribution in [0.15, 0.2) is 23.1 Å². The van der Waals surface area contributed by atoms with E-state index in [-0.39, 0.29) is 41.6 Å². The lowest BCUT2D eigenvalue weighted by Gasteiger charge is -2.18. The Morgan fingerprint density at radius 1 is 1.18 bits per heavy atom. The van der Waals surface area contributed by atoms with E-state index in [9.17, 15) is 18.0 Å². The molecule has 34 heavy (non-hydrogen) atoms. The highest BCUT2D eigenvalue weighted by Gasteiger charge is 2.37. The number of benzene rings is 1. The third-order valence-corrected chi connectivity index (χ3v) is 7.43. The highest BCUT2D eigenvalue weighted by atomic mass is 32.2. The second-order valence-corrected chi connectivity index (χ2v) is 11.1. The number of carbonyl (C=O) groups excluding carboxylic acids is 2. The van der Waals surface area contributed by atoms with E-state index < -0.39 is 9.84 Å². The summed E-state index contributed by atoms with van der Waals surface area (Å²) in [6.45, 7) is 2.89. The maximum absolute atomic E-state index is 12.7. The summed E-state index contributed by atoms with van der Waals surface area (Å²) in [7, 11) is -1.95. The summed E-state index contributed by atoms with van der Waals surface area (Å²) in [6.07, 6.45) is 4.49. The number of sulfone groups is 1. The minimum Gasteiger partial charge on any atom is -0.446 e. The molecule has 3 rings (SSSR count). The topological polar surface area (TPSA) is 135 Å². The zero-order valence-corrected chi connectivity index (χ0v) is 20.9. The fourth-order valence-electron chi connectivity index (χ4n) is 4.62. The Hall–Kier alpha value is -2.21. The summed E-state index contributed by atoms with van der Waals surface area (Å²) < 4.78 is 35.1. The van der Waals surface area contributed by atoms with Crippen molar-refractivity contribution in [1.82, 2.24) is 21.5 Å². The van der Waals surface area contributed by atoms with E-state index in [2.05, 4.69) is 21.5 Å². The van der Waals surface area contributed by atoms with Crippen LogP contribution in [0.5, 0.6) is 0 Å². The normalized spacial score (nSPS) is 24.7. The van der Waals surface area contributed by atoms with Crippen molar-refractivity contribution in [3.8, 4) is 0 Å². The Balaban J connectivity index is 1.50. The van der Waals surface area contributed by atoms with Crippen LogP contribution in [0.4, 0.5) is 4.79 Å². The molecule has 1 aromatic rings. The number of amides is 2. The highest BCUT2D eigenvalue weighted by molar-refractivity contribution is 7.90. The molecule has 1 saturated heterocycles. The standard InChI is InChI=1S/C23H36N4O6S/c1-4-9-24-23(29)33-18-8-7-16(11-18)19-13-21(27-26-19)25-22(28)12-17-6-5-15(14-32-2)10-20(17)34(3,30)31/h5-6,10,16,18-19,21,26-27H,4,7-9,11-14H2,1-3H3,(H,24,29)(H,25,28)/t16-,18+,19?,21?/m0/s1. The number of carbonyl (C=O) groups is 2. The zero-order valence-electron chi connectivity index (χ0n) is 20.1. The Bertz CT molecular complexity index is 970. The van der Waals surface area contributed by atoms with E-state index in [1.54, 1.807) is 25.3 Å². The van der Waals surface area contributed by atoms with E-state index in [0.29, 0.717) is 31.1 Å². The molecule has 0 radical (unpaired) electrons. The summed E-state index contributed by atoms with van der Waals surface area (Å²) >= 11 is 0. The van der Waals surface area contributed by atoms with E-state index >= 15 is 0 Å². The van der Waals surface area contributed by atoms with E-state index in [1.807, 2.05) is 6.92 Å². The van der Waals surface area contributed by atoms with Crippen LogP contribution >= 0.6 is 0 Å². The Morgan fingerprint density at radius 2 is 1.97 bits per heavy atom.